The lowest BCUT2D eigenvalue weighted by Crippen LogP contribution is -1.98. The quantitative estimate of drug-likeness (QED) is 0.146. The average Bonchev–Trinajstić information content (AvgIpc) is 3.89. The summed E-state index contributed by atoms with van der Waals surface area (Å²) in [4.78, 5) is 5.34. The fourth-order valence-electron chi connectivity index (χ4n) is 12.1. The summed E-state index contributed by atoms with van der Waals surface area (Å²) in [5.41, 5.74) is 16.2. The lowest BCUT2D eigenvalue weighted by Gasteiger charge is -2.21. The van der Waals surface area contributed by atoms with Crippen molar-refractivity contribution in [3.8, 4) is 72.7 Å². The van der Waals surface area contributed by atoms with Gasteiger partial charge in [-0.3, -0.25) is 4.57 Å². The molecular weight excluding hydrogens is 905 g/mol. The third-order valence-electron chi connectivity index (χ3n) is 15.5. The number of benzene rings is 14. The van der Waals surface area contributed by atoms with E-state index in [2.05, 4.69) is 284 Å². The fraction of sp³-hybridized carbons (Fsp3) is 0. The molecule has 2 nitrogen and oxygen atoms in total. The van der Waals surface area contributed by atoms with E-state index < -0.39 is 0 Å². The zero-order valence-corrected chi connectivity index (χ0v) is 41.0. The minimum atomic E-state index is 0.907. The summed E-state index contributed by atoms with van der Waals surface area (Å²) in [6.45, 7) is 0. The number of rotatable bonds is 7. The van der Waals surface area contributed by atoms with Gasteiger partial charge in [0.05, 0.1) is 11.0 Å². The van der Waals surface area contributed by atoms with Gasteiger partial charge in [-0.15, -0.1) is 0 Å². The number of fused-ring (bicyclic) bond motifs is 7. The summed E-state index contributed by atoms with van der Waals surface area (Å²) in [6.07, 6.45) is 0. The zero-order valence-electron chi connectivity index (χ0n) is 41.0. The van der Waals surface area contributed by atoms with Gasteiger partial charge in [0.2, 0.25) is 0 Å². The van der Waals surface area contributed by atoms with Crippen LogP contribution in [0.3, 0.4) is 0 Å². The molecule has 0 saturated carbocycles. The van der Waals surface area contributed by atoms with Crippen LogP contribution in [0.25, 0.3) is 148 Å². The van der Waals surface area contributed by atoms with Gasteiger partial charge < -0.3 is 0 Å². The standard InChI is InChI=1S/C73H46N2/c1-2-17-47(18-3-1)50-37-40-58(41-38-50)75-68-32-15-14-31-67(68)74-73(75)57-24-16-23-53(45-57)69-59-25-8-10-27-61(59)71(62-28-11-9-26-60(62)69)56-39-42-65-66(46-56)72(55-36-34-49-20-5-7-22-52(49)44-55)64-30-13-12-29-63(64)70(65)54-35-33-48-19-4-6-21-51(48)43-54/h1-46H. The topological polar surface area (TPSA) is 17.8 Å². The van der Waals surface area contributed by atoms with Crippen LogP contribution < -0.4 is 0 Å². The van der Waals surface area contributed by atoms with E-state index in [1.165, 1.54) is 115 Å². The molecule has 0 N–H and O–H groups in total. The summed E-state index contributed by atoms with van der Waals surface area (Å²) in [5.74, 6) is 0.907. The van der Waals surface area contributed by atoms with Crippen molar-refractivity contribution in [2.45, 2.75) is 0 Å². The molecule has 0 aliphatic carbocycles. The van der Waals surface area contributed by atoms with Crippen LogP contribution in [0, 0.1) is 0 Å². The molecule has 0 saturated heterocycles. The third-order valence-corrected chi connectivity index (χ3v) is 15.5. The van der Waals surface area contributed by atoms with Crippen LogP contribution >= 0.6 is 0 Å². The Kier molecular flexibility index (Phi) is 9.93. The Bertz CT molecular complexity index is 4700. The second-order valence-corrected chi connectivity index (χ2v) is 19.8. The molecule has 0 aliphatic heterocycles. The Morgan fingerprint density at radius 1 is 0.227 bits per heavy atom. The van der Waals surface area contributed by atoms with Crippen LogP contribution in [0.5, 0.6) is 0 Å². The first-order valence-electron chi connectivity index (χ1n) is 25.8. The van der Waals surface area contributed by atoms with Crippen LogP contribution in [-0.4, -0.2) is 9.55 Å². The summed E-state index contributed by atoms with van der Waals surface area (Å²) in [5, 5.41) is 14.7. The van der Waals surface area contributed by atoms with E-state index in [1.807, 2.05) is 0 Å². The van der Waals surface area contributed by atoms with Crippen LogP contribution in [-0.2, 0) is 0 Å². The molecule has 75 heavy (non-hydrogen) atoms. The van der Waals surface area contributed by atoms with Gasteiger partial charge in [-0.05, 0) is 169 Å². The van der Waals surface area contributed by atoms with Crippen molar-refractivity contribution in [2.75, 3.05) is 0 Å². The second-order valence-electron chi connectivity index (χ2n) is 19.8. The minimum Gasteiger partial charge on any atom is -0.292 e. The SMILES string of the molecule is c1ccc(-c2ccc(-n3c(-c4cccc(-c5c6ccccc6c(-c6ccc7c(-c8ccc9ccccc9c8)c8ccccc8c(-c8ccc9ccccc9c8)c7c6)c6ccccc56)c4)nc4ccccc43)cc2)cc1. The van der Waals surface area contributed by atoms with Crippen molar-refractivity contribution in [3.63, 3.8) is 0 Å². The Morgan fingerprint density at radius 2 is 0.613 bits per heavy atom. The van der Waals surface area contributed by atoms with Crippen LogP contribution in [0.4, 0.5) is 0 Å². The van der Waals surface area contributed by atoms with Gasteiger partial charge >= 0.3 is 0 Å². The Labute approximate surface area is 434 Å². The van der Waals surface area contributed by atoms with Gasteiger partial charge in [-0.1, -0.05) is 231 Å². The van der Waals surface area contributed by atoms with Gasteiger partial charge in [0, 0.05) is 11.3 Å². The summed E-state index contributed by atoms with van der Waals surface area (Å²) in [7, 11) is 0. The van der Waals surface area contributed by atoms with Gasteiger partial charge in [-0.2, -0.15) is 0 Å². The molecule has 0 aliphatic rings. The highest BCUT2D eigenvalue weighted by Gasteiger charge is 2.22. The lowest BCUT2D eigenvalue weighted by molar-refractivity contribution is 1.10. The molecule has 0 bridgehead atoms. The second kappa shape index (κ2) is 17.4. The first-order chi connectivity index (χ1) is 37.2. The summed E-state index contributed by atoms with van der Waals surface area (Å²) >= 11 is 0. The molecule has 14 aromatic carbocycles. The molecule has 1 aromatic heterocycles. The largest absolute Gasteiger partial charge is 0.292 e. The first-order valence-corrected chi connectivity index (χ1v) is 25.8. The Morgan fingerprint density at radius 3 is 1.19 bits per heavy atom. The molecule has 1 heterocycles. The number of hydrogen-bond donors (Lipinski definition) is 0. The highest BCUT2D eigenvalue weighted by Crippen LogP contribution is 2.49. The van der Waals surface area contributed by atoms with E-state index in [-0.39, 0.29) is 0 Å². The van der Waals surface area contributed by atoms with E-state index in [0.717, 1.165) is 33.7 Å². The maximum atomic E-state index is 5.34. The highest BCUT2D eigenvalue weighted by atomic mass is 15.1. The number of hydrogen-bond acceptors (Lipinski definition) is 1. The zero-order chi connectivity index (χ0) is 49.4. The van der Waals surface area contributed by atoms with E-state index >= 15 is 0 Å². The number of imidazole rings is 1. The van der Waals surface area contributed by atoms with Crippen molar-refractivity contribution in [3.05, 3.63) is 279 Å². The highest BCUT2D eigenvalue weighted by molar-refractivity contribution is 6.25. The van der Waals surface area contributed by atoms with Gasteiger partial charge in [0.1, 0.15) is 5.82 Å². The third kappa shape index (κ3) is 7.06. The van der Waals surface area contributed by atoms with Crippen molar-refractivity contribution < 1.29 is 0 Å². The van der Waals surface area contributed by atoms with Crippen LogP contribution in [0.2, 0.25) is 0 Å². The van der Waals surface area contributed by atoms with E-state index in [0.29, 0.717) is 0 Å². The van der Waals surface area contributed by atoms with Crippen LogP contribution in [0.15, 0.2) is 279 Å². The predicted octanol–water partition coefficient (Wildman–Crippen LogP) is 19.9. The molecule has 0 spiro atoms. The number of nitrogens with zero attached hydrogens (tertiary/aromatic N) is 2. The Balaban J connectivity index is 0.947. The first kappa shape index (κ1) is 42.8. The summed E-state index contributed by atoms with van der Waals surface area (Å²) in [6, 6.07) is 102. The van der Waals surface area contributed by atoms with Crippen molar-refractivity contribution in [1.82, 2.24) is 9.55 Å². The minimum absolute atomic E-state index is 0.907. The van der Waals surface area contributed by atoms with Crippen molar-refractivity contribution >= 4 is 75.7 Å². The van der Waals surface area contributed by atoms with E-state index in [9.17, 15) is 0 Å². The molecule has 15 aromatic rings. The molecular formula is C73H46N2. The van der Waals surface area contributed by atoms with Gasteiger partial charge in [0.15, 0.2) is 0 Å². The van der Waals surface area contributed by atoms with Gasteiger partial charge in [-0.25, -0.2) is 4.98 Å². The van der Waals surface area contributed by atoms with Crippen molar-refractivity contribution in [2.24, 2.45) is 0 Å². The molecule has 2 heteroatoms. The lowest BCUT2D eigenvalue weighted by atomic mass is 9.82. The van der Waals surface area contributed by atoms with Crippen molar-refractivity contribution in [1.29, 1.82) is 0 Å². The molecule has 348 valence electrons. The number of aromatic nitrogens is 2. The maximum Gasteiger partial charge on any atom is 0.145 e. The maximum absolute atomic E-state index is 5.34. The van der Waals surface area contributed by atoms with Crippen LogP contribution in [0.1, 0.15) is 0 Å². The fourth-order valence-corrected chi connectivity index (χ4v) is 12.1. The Hall–Kier alpha value is -9.89. The number of para-hydroxylation sites is 2. The predicted molar refractivity (Wildman–Crippen MR) is 319 cm³/mol. The smallest absolute Gasteiger partial charge is 0.145 e. The summed E-state index contributed by atoms with van der Waals surface area (Å²) < 4.78 is 2.31. The molecule has 0 amide bonds. The normalized spacial score (nSPS) is 11.7. The van der Waals surface area contributed by atoms with E-state index in [4.69, 9.17) is 4.98 Å². The molecule has 0 atom stereocenters. The van der Waals surface area contributed by atoms with E-state index in [1.54, 1.807) is 0 Å². The molecule has 15 rings (SSSR count). The monoisotopic (exact) mass is 950 g/mol. The molecule has 0 unspecified atom stereocenters. The molecule has 0 radical (unpaired) electrons. The average molecular weight is 951 g/mol. The molecule has 0 fully saturated rings. The van der Waals surface area contributed by atoms with Gasteiger partial charge in [0.25, 0.3) is 0 Å².